The highest BCUT2D eigenvalue weighted by atomic mass is 32.1. The van der Waals surface area contributed by atoms with Crippen molar-refractivity contribution in [2.24, 2.45) is 17.4 Å². The first-order valence-electron chi connectivity index (χ1n) is 8.22. The molecule has 0 aliphatic heterocycles. The molecule has 0 radical (unpaired) electrons. The summed E-state index contributed by atoms with van der Waals surface area (Å²) < 4.78 is 0. The predicted octanol–water partition coefficient (Wildman–Crippen LogP) is -2.66. The van der Waals surface area contributed by atoms with Gasteiger partial charge < -0.3 is 32.5 Å². The third kappa shape index (κ3) is 10.4. The first-order valence-corrected chi connectivity index (χ1v) is 8.86. The second kappa shape index (κ2) is 12.1. The number of hydrogen-bond acceptors (Lipinski definition) is 7. The van der Waals surface area contributed by atoms with Crippen molar-refractivity contribution in [2.45, 2.75) is 44.8 Å². The second-order valence-electron chi connectivity index (χ2n) is 6.33. The number of carbonyl (C=O) groups excluding carboxylic acids is 4. The van der Waals surface area contributed by atoms with E-state index < -0.39 is 60.7 Å². The molecule has 0 aliphatic rings. The summed E-state index contributed by atoms with van der Waals surface area (Å²) in [5, 5.41) is 15.7. The van der Waals surface area contributed by atoms with Crippen LogP contribution in [0.25, 0.3) is 0 Å². The molecule has 0 aromatic carbocycles. The van der Waals surface area contributed by atoms with E-state index >= 15 is 0 Å². The highest BCUT2D eigenvalue weighted by molar-refractivity contribution is 7.80. The van der Waals surface area contributed by atoms with Crippen molar-refractivity contribution in [3.05, 3.63) is 0 Å². The first kappa shape index (κ1) is 24.7. The molecule has 0 aromatic heterocycles. The number of carbonyl (C=O) groups is 5. The van der Waals surface area contributed by atoms with Crippen molar-refractivity contribution >= 4 is 42.2 Å². The van der Waals surface area contributed by atoms with Crippen LogP contribution in [0.15, 0.2) is 0 Å². The molecule has 154 valence electrons. The molecule has 4 amide bonds. The summed E-state index contributed by atoms with van der Waals surface area (Å²) in [4.78, 5) is 57.6. The average Bonchev–Trinajstić information content (AvgIpc) is 2.55. The molecule has 0 aromatic rings. The van der Waals surface area contributed by atoms with E-state index in [2.05, 4.69) is 28.6 Å². The summed E-state index contributed by atoms with van der Waals surface area (Å²) in [5.74, 6) is -4.32. The molecule has 27 heavy (non-hydrogen) atoms. The van der Waals surface area contributed by atoms with Gasteiger partial charge >= 0.3 is 5.97 Å². The van der Waals surface area contributed by atoms with Crippen LogP contribution in [0.2, 0.25) is 0 Å². The van der Waals surface area contributed by atoms with Crippen LogP contribution >= 0.6 is 12.6 Å². The Balaban J connectivity index is 4.62. The maximum atomic E-state index is 12.1. The predicted molar refractivity (Wildman–Crippen MR) is 99.6 cm³/mol. The Labute approximate surface area is 162 Å². The third-order valence-corrected chi connectivity index (χ3v) is 3.70. The van der Waals surface area contributed by atoms with Crippen LogP contribution in [0.3, 0.4) is 0 Å². The highest BCUT2D eigenvalue weighted by Gasteiger charge is 2.27. The van der Waals surface area contributed by atoms with Gasteiger partial charge in [-0.15, -0.1) is 0 Å². The molecule has 0 fully saturated rings. The van der Waals surface area contributed by atoms with Gasteiger partial charge in [0.2, 0.25) is 23.6 Å². The minimum absolute atomic E-state index is 0.138. The number of rotatable bonds is 12. The van der Waals surface area contributed by atoms with Gasteiger partial charge in [0.05, 0.1) is 19.0 Å². The minimum atomic E-state index is -1.52. The normalized spacial score (nSPS) is 14.0. The molecule has 12 heteroatoms. The molecule has 8 N–H and O–H groups in total. The Morgan fingerprint density at radius 1 is 1.04 bits per heavy atom. The zero-order valence-corrected chi connectivity index (χ0v) is 16.1. The Morgan fingerprint density at radius 2 is 1.63 bits per heavy atom. The van der Waals surface area contributed by atoms with Crippen LogP contribution in [0.4, 0.5) is 0 Å². The number of hydrogen-bond donors (Lipinski definition) is 7. The summed E-state index contributed by atoms with van der Waals surface area (Å²) in [6.07, 6.45) is -0.149. The average molecular weight is 405 g/mol. The van der Waals surface area contributed by atoms with Gasteiger partial charge in [0.15, 0.2) is 0 Å². The monoisotopic (exact) mass is 405 g/mol. The van der Waals surface area contributed by atoms with Crippen molar-refractivity contribution in [1.29, 1.82) is 0 Å². The summed E-state index contributed by atoms with van der Waals surface area (Å²) in [6.45, 7) is 3.39. The molecule has 0 rings (SSSR count). The zero-order chi connectivity index (χ0) is 21.1. The van der Waals surface area contributed by atoms with Gasteiger partial charge in [-0.05, 0) is 12.3 Å². The summed E-state index contributed by atoms with van der Waals surface area (Å²) in [5.41, 5.74) is 10.6. The van der Waals surface area contributed by atoms with Crippen molar-refractivity contribution in [3.8, 4) is 0 Å². The van der Waals surface area contributed by atoms with E-state index in [0.29, 0.717) is 6.42 Å². The number of nitrogens with two attached hydrogens (primary N) is 2. The van der Waals surface area contributed by atoms with Crippen molar-refractivity contribution < 1.29 is 29.1 Å². The lowest BCUT2D eigenvalue weighted by Crippen LogP contribution is -2.55. The molecule has 0 saturated carbocycles. The van der Waals surface area contributed by atoms with Crippen LogP contribution < -0.4 is 27.4 Å². The lowest BCUT2D eigenvalue weighted by atomic mass is 10.0. The lowest BCUT2D eigenvalue weighted by molar-refractivity contribution is -0.143. The van der Waals surface area contributed by atoms with E-state index in [0.717, 1.165) is 0 Å². The van der Waals surface area contributed by atoms with E-state index in [1.165, 1.54) is 0 Å². The molecular formula is C15H27N5O6S. The van der Waals surface area contributed by atoms with Gasteiger partial charge in [0.25, 0.3) is 0 Å². The van der Waals surface area contributed by atoms with Gasteiger partial charge in [-0.2, -0.15) is 12.6 Å². The van der Waals surface area contributed by atoms with E-state index in [1.54, 1.807) is 0 Å². The Morgan fingerprint density at radius 3 is 2.07 bits per heavy atom. The summed E-state index contributed by atoms with van der Waals surface area (Å²) in [6, 6.07) is -3.45. The van der Waals surface area contributed by atoms with Gasteiger partial charge in [-0.3, -0.25) is 19.2 Å². The molecular weight excluding hydrogens is 378 g/mol. The van der Waals surface area contributed by atoms with E-state index in [4.69, 9.17) is 16.6 Å². The van der Waals surface area contributed by atoms with Crippen molar-refractivity contribution in [1.82, 2.24) is 16.0 Å². The number of carboxylic acid groups (broad SMARTS) is 1. The molecule has 0 bridgehead atoms. The maximum absolute atomic E-state index is 12.1. The Kier molecular flexibility index (Phi) is 11.1. The van der Waals surface area contributed by atoms with Crippen LogP contribution in [-0.2, 0) is 24.0 Å². The molecule has 0 saturated heterocycles. The smallest absolute Gasteiger partial charge is 0.326 e. The quantitative estimate of drug-likeness (QED) is 0.172. The standard InChI is InChI=1S/C15H27N5O6S/c1-7(2)3-8(16)13(23)18-5-12(22)19-10(6-27)14(24)20-9(15(25)26)4-11(17)21/h7-10,27H,3-6,16H2,1-2H3,(H2,17,21)(H,18,23)(H,19,22)(H,20,24)(H,25,26). The van der Waals surface area contributed by atoms with Gasteiger partial charge in [0.1, 0.15) is 12.1 Å². The Bertz CT molecular complexity index is 571. The summed E-state index contributed by atoms with van der Waals surface area (Å²) >= 11 is 3.93. The highest BCUT2D eigenvalue weighted by Crippen LogP contribution is 2.02. The van der Waals surface area contributed by atoms with E-state index in [1.807, 2.05) is 13.8 Å². The van der Waals surface area contributed by atoms with Crippen LogP contribution in [0, 0.1) is 5.92 Å². The zero-order valence-electron chi connectivity index (χ0n) is 15.2. The fourth-order valence-electron chi connectivity index (χ4n) is 2.03. The van der Waals surface area contributed by atoms with Crippen molar-refractivity contribution in [3.63, 3.8) is 0 Å². The van der Waals surface area contributed by atoms with Crippen LogP contribution in [0.5, 0.6) is 0 Å². The number of amides is 4. The maximum Gasteiger partial charge on any atom is 0.326 e. The molecule has 0 spiro atoms. The lowest BCUT2D eigenvalue weighted by Gasteiger charge is -2.20. The first-order chi connectivity index (χ1) is 12.5. The molecule has 3 unspecified atom stereocenters. The third-order valence-electron chi connectivity index (χ3n) is 3.34. The van der Waals surface area contributed by atoms with E-state index in [9.17, 15) is 24.0 Å². The fourth-order valence-corrected chi connectivity index (χ4v) is 2.28. The molecule has 3 atom stereocenters. The number of aliphatic carboxylic acids is 1. The van der Waals surface area contributed by atoms with Gasteiger partial charge in [-0.25, -0.2) is 4.79 Å². The number of nitrogens with one attached hydrogen (secondary N) is 3. The summed E-state index contributed by atoms with van der Waals surface area (Å²) in [7, 11) is 0. The molecule has 11 nitrogen and oxygen atoms in total. The molecule has 0 heterocycles. The number of primary amides is 1. The number of carboxylic acids is 1. The largest absolute Gasteiger partial charge is 0.480 e. The molecule has 0 aliphatic carbocycles. The number of thiol groups is 1. The van der Waals surface area contributed by atoms with Crippen LogP contribution in [0.1, 0.15) is 26.7 Å². The SMILES string of the molecule is CC(C)CC(N)C(=O)NCC(=O)NC(CS)C(=O)NC(CC(N)=O)C(=O)O. The van der Waals surface area contributed by atoms with E-state index in [-0.39, 0.29) is 11.7 Å². The Hall–Kier alpha value is -2.34. The minimum Gasteiger partial charge on any atom is -0.480 e. The second-order valence-corrected chi connectivity index (χ2v) is 6.69. The fraction of sp³-hybridized carbons (Fsp3) is 0.667. The van der Waals surface area contributed by atoms with Gasteiger partial charge in [-0.1, -0.05) is 13.8 Å². The van der Waals surface area contributed by atoms with Crippen molar-refractivity contribution in [2.75, 3.05) is 12.3 Å². The van der Waals surface area contributed by atoms with Crippen LogP contribution in [-0.4, -0.2) is 65.1 Å². The van der Waals surface area contributed by atoms with Gasteiger partial charge in [0, 0.05) is 5.75 Å². The topological polar surface area (TPSA) is 194 Å².